The SMILES string of the molecule is CC(C)C1CCCN(c2nn(C)cc2N)CC1. The molecule has 0 aromatic carbocycles. The monoisotopic (exact) mass is 236 g/mol. The molecule has 1 unspecified atom stereocenters. The number of aromatic nitrogens is 2. The number of rotatable bonds is 2. The Balaban J connectivity index is 2.06. The third kappa shape index (κ3) is 2.73. The Morgan fingerprint density at radius 3 is 2.71 bits per heavy atom. The fourth-order valence-electron chi connectivity index (χ4n) is 2.74. The summed E-state index contributed by atoms with van der Waals surface area (Å²) in [5, 5.41) is 4.46. The first-order valence-corrected chi connectivity index (χ1v) is 6.62. The van der Waals surface area contributed by atoms with Crippen molar-refractivity contribution < 1.29 is 0 Å². The van der Waals surface area contributed by atoms with Gasteiger partial charge >= 0.3 is 0 Å². The van der Waals surface area contributed by atoms with Gasteiger partial charge in [0.15, 0.2) is 5.82 Å². The molecule has 2 rings (SSSR count). The van der Waals surface area contributed by atoms with E-state index in [1.54, 1.807) is 4.68 Å². The quantitative estimate of drug-likeness (QED) is 0.857. The molecular weight excluding hydrogens is 212 g/mol. The highest BCUT2D eigenvalue weighted by molar-refractivity contribution is 5.61. The van der Waals surface area contributed by atoms with E-state index >= 15 is 0 Å². The van der Waals surface area contributed by atoms with Gasteiger partial charge in [-0.2, -0.15) is 5.10 Å². The van der Waals surface area contributed by atoms with Crippen molar-refractivity contribution in [2.75, 3.05) is 23.7 Å². The molecule has 1 saturated heterocycles. The lowest BCUT2D eigenvalue weighted by Crippen LogP contribution is -2.25. The van der Waals surface area contributed by atoms with Crippen LogP contribution in [0.3, 0.4) is 0 Å². The first-order chi connectivity index (χ1) is 8.08. The molecule has 0 bridgehead atoms. The number of aryl methyl sites for hydroxylation is 1. The molecule has 1 fully saturated rings. The normalized spacial score (nSPS) is 21.9. The summed E-state index contributed by atoms with van der Waals surface area (Å²) in [7, 11) is 1.93. The highest BCUT2D eigenvalue weighted by Crippen LogP contribution is 2.28. The molecule has 0 aliphatic carbocycles. The minimum absolute atomic E-state index is 0.788. The summed E-state index contributed by atoms with van der Waals surface area (Å²) in [6, 6.07) is 0. The number of anilines is 2. The second-order valence-electron chi connectivity index (χ2n) is 5.50. The van der Waals surface area contributed by atoms with E-state index in [9.17, 15) is 0 Å². The molecule has 1 atom stereocenters. The molecule has 0 saturated carbocycles. The van der Waals surface area contributed by atoms with Crippen LogP contribution in [0.1, 0.15) is 33.1 Å². The van der Waals surface area contributed by atoms with E-state index in [1.165, 1.54) is 19.3 Å². The van der Waals surface area contributed by atoms with E-state index in [1.807, 2.05) is 13.2 Å². The zero-order chi connectivity index (χ0) is 12.4. The van der Waals surface area contributed by atoms with E-state index in [2.05, 4.69) is 23.8 Å². The molecule has 17 heavy (non-hydrogen) atoms. The lowest BCUT2D eigenvalue weighted by atomic mass is 9.89. The van der Waals surface area contributed by atoms with Crippen molar-refractivity contribution in [3.05, 3.63) is 6.20 Å². The zero-order valence-corrected chi connectivity index (χ0v) is 11.2. The Morgan fingerprint density at radius 1 is 1.35 bits per heavy atom. The Morgan fingerprint density at radius 2 is 2.12 bits per heavy atom. The van der Waals surface area contributed by atoms with Crippen LogP contribution in [0.5, 0.6) is 0 Å². The minimum Gasteiger partial charge on any atom is -0.394 e. The summed E-state index contributed by atoms with van der Waals surface area (Å²) in [4.78, 5) is 2.34. The van der Waals surface area contributed by atoms with Gasteiger partial charge in [-0.1, -0.05) is 13.8 Å². The summed E-state index contributed by atoms with van der Waals surface area (Å²) in [6.45, 7) is 6.83. The van der Waals surface area contributed by atoms with Crippen molar-refractivity contribution in [1.29, 1.82) is 0 Å². The van der Waals surface area contributed by atoms with Crippen LogP contribution in [0.2, 0.25) is 0 Å². The van der Waals surface area contributed by atoms with E-state index in [-0.39, 0.29) is 0 Å². The third-order valence-electron chi connectivity index (χ3n) is 3.85. The molecular formula is C13H24N4. The van der Waals surface area contributed by atoms with Crippen LogP contribution in [0, 0.1) is 11.8 Å². The number of hydrogen-bond acceptors (Lipinski definition) is 3. The molecule has 4 heteroatoms. The van der Waals surface area contributed by atoms with Crippen LogP contribution in [0.15, 0.2) is 6.20 Å². The van der Waals surface area contributed by atoms with Crippen LogP contribution < -0.4 is 10.6 Å². The maximum atomic E-state index is 5.99. The molecule has 2 N–H and O–H groups in total. The zero-order valence-electron chi connectivity index (χ0n) is 11.2. The highest BCUT2D eigenvalue weighted by atomic mass is 15.3. The van der Waals surface area contributed by atoms with Crippen molar-refractivity contribution in [2.45, 2.75) is 33.1 Å². The van der Waals surface area contributed by atoms with Crippen LogP contribution in [-0.4, -0.2) is 22.9 Å². The van der Waals surface area contributed by atoms with Crippen molar-refractivity contribution in [1.82, 2.24) is 9.78 Å². The first kappa shape index (κ1) is 12.3. The first-order valence-electron chi connectivity index (χ1n) is 6.62. The smallest absolute Gasteiger partial charge is 0.173 e. The van der Waals surface area contributed by atoms with Gasteiger partial charge in [0.1, 0.15) is 0 Å². The molecule has 0 amide bonds. The maximum absolute atomic E-state index is 5.99. The van der Waals surface area contributed by atoms with E-state index in [0.29, 0.717) is 0 Å². The molecule has 2 heterocycles. The number of nitrogen functional groups attached to an aromatic ring is 1. The van der Waals surface area contributed by atoms with Gasteiger partial charge in [-0.25, -0.2) is 0 Å². The predicted molar refractivity (Wildman–Crippen MR) is 72.0 cm³/mol. The molecule has 4 nitrogen and oxygen atoms in total. The van der Waals surface area contributed by atoms with Gasteiger partial charge < -0.3 is 10.6 Å². The second-order valence-corrected chi connectivity index (χ2v) is 5.50. The van der Waals surface area contributed by atoms with Crippen LogP contribution in [0.4, 0.5) is 11.5 Å². The van der Waals surface area contributed by atoms with Crippen LogP contribution in [-0.2, 0) is 7.05 Å². The minimum atomic E-state index is 0.788. The van der Waals surface area contributed by atoms with E-state index in [4.69, 9.17) is 5.73 Å². The van der Waals surface area contributed by atoms with Gasteiger partial charge in [0.25, 0.3) is 0 Å². The lowest BCUT2D eigenvalue weighted by Gasteiger charge is -2.21. The van der Waals surface area contributed by atoms with Gasteiger partial charge in [-0.15, -0.1) is 0 Å². The average Bonchev–Trinajstić information content (AvgIpc) is 2.52. The molecule has 96 valence electrons. The summed E-state index contributed by atoms with van der Waals surface area (Å²) in [5.41, 5.74) is 6.79. The number of hydrogen-bond donors (Lipinski definition) is 1. The molecule has 1 aliphatic rings. The van der Waals surface area contributed by atoms with Crippen LogP contribution in [0.25, 0.3) is 0 Å². The Labute approximate surface area is 104 Å². The standard InChI is InChI=1S/C13H24N4/c1-10(2)11-5-4-7-17(8-6-11)13-12(14)9-16(3)15-13/h9-11H,4-8,14H2,1-3H3. The predicted octanol–water partition coefficient (Wildman–Crippen LogP) is 2.26. The Bertz CT molecular complexity index is 369. The summed E-state index contributed by atoms with van der Waals surface area (Å²) in [6.07, 6.45) is 5.73. The van der Waals surface area contributed by atoms with Crippen molar-refractivity contribution in [3.63, 3.8) is 0 Å². The Hall–Kier alpha value is -1.19. The highest BCUT2D eigenvalue weighted by Gasteiger charge is 2.21. The topological polar surface area (TPSA) is 47.1 Å². The average molecular weight is 236 g/mol. The second kappa shape index (κ2) is 4.98. The lowest BCUT2D eigenvalue weighted by molar-refractivity contribution is 0.351. The van der Waals surface area contributed by atoms with E-state index < -0.39 is 0 Å². The van der Waals surface area contributed by atoms with Crippen molar-refractivity contribution >= 4 is 11.5 Å². The van der Waals surface area contributed by atoms with Crippen LogP contribution >= 0.6 is 0 Å². The van der Waals surface area contributed by atoms with Crippen molar-refractivity contribution in [2.24, 2.45) is 18.9 Å². The third-order valence-corrected chi connectivity index (χ3v) is 3.85. The molecule has 0 radical (unpaired) electrons. The molecule has 1 aromatic heterocycles. The summed E-state index contributed by atoms with van der Waals surface area (Å²) >= 11 is 0. The number of nitrogens with two attached hydrogens (primary N) is 1. The Kier molecular flexibility index (Phi) is 3.60. The van der Waals surface area contributed by atoms with Gasteiger partial charge in [0.2, 0.25) is 0 Å². The summed E-state index contributed by atoms with van der Waals surface area (Å²) in [5.74, 6) is 2.61. The van der Waals surface area contributed by atoms with Gasteiger partial charge in [0, 0.05) is 26.3 Å². The fraction of sp³-hybridized carbons (Fsp3) is 0.769. The molecule has 1 aliphatic heterocycles. The molecule has 0 spiro atoms. The van der Waals surface area contributed by atoms with Gasteiger partial charge in [-0.3, -0.25) is 4.68 Å². The maximum Gasteiger partial charge on any atom is 0.173 e. The molecule has 1 aromatic rings. The summed E-state index contributed by atoms with van der Waals surface area (Å²) < 4.78 is 1.80. The van der Waals surface area contributed by atoms with Crippen molar-refractivity contribution in [3.8, 4) is 0 Å². The fourth-order valence-corrected chi connectivity index (χ4v) is 2.74. The van der Waals surface area contributed by atoms with Gasteiger partial charge in [-0.05, 0) is 31.1 Å². The van der Waals surface area contributed by atoms with Gasteiger partial charge in [0.05, 0.1) is 5.69 Å². The van der Waals surface area contributed by atoms with E-state index in [0.717, 1.165) is 36.4 Å². The number of nitrogens with zero attached hydrogens (tertiary/aromatic N) is 3. The largest absolute Gasteiger partial charge is 0.394 e.